The molecule has 1 rings (SSSR count). The second-order valence-electron chi connectivity index (χ2n) is 2.33. The molecule has 0 aromatic carbocycles. The molecule has 61 valence electrons. The van der Waals surface area contributed by atoms with E-state index < -0.39 is 0 Å². The molecule has 0 spiro atoms. The smallest absolute Gasteiger partial charge is 0.358 e. The molecule has 0 amide bonds. The monoisotopic (exact) mass is 224 g/mol. The summed E-state index contributed by atoms with van der Waals surface area (Å²) in [5.41, 5.74) is 0. The quantitative estimate of drug-likeness (QED) is 0.379. The molecule has 0 atom stereocenters. The molecule has 1 fully saturated rings. The summed E-state index contributed by atoms with van der Waals surface area (Å²) in [6, 6.07) is 0. The summed E-state index contributed by atoms with van der Waals surface area (Å²) in [7, 11) is 0. The summed E-state index contributed by atoms with van der Waals surface area (Å²) in [6.45, 7) is 2.23. The Morgan fingerprint density at radius 3 is 2.00 bits per heavy atom. The third-order valence-electron chi connectivity index (χ3n) is 1.63. The van der Waals surface area contributed by atoms with Crippen LogP contribution >= 0.6 is 24.8 Å². The SMILES string of the molecule is S=C(S)N1CCCCC1.[Cu+2]. The minimum absolute atomic E-state index is 0. The van der Waals surface area contributed by atoms with Gasteiger partial charge in [-0.2, -0.15) is 0 Å². The third kappa shape index (κ3) is 3.24. The van der Waals surface area contributed by atoms with Gasteiger partial charge in [-0.05, 0) is 19.3 Å². The van der Waals surface area contributed by atoms with Gasteiger partial charge in [-0.25, -0.2) is 0 Å². The molecule has 0 aromatic heterocycles. The topological polar surface area (TPSA) is 3.24 Å². The number of likely N-dealkylation sites (tertiary alicyclic amines) is 1. The maximum Gasteiger partial charge on any atom is 2.00 e. The molecule has 1 nitrogen and oxygen atoms in total. The Morgan fingerprint density at radius 2 is 1.70 bits per heavy atom. The van der Waals surface area contributed by atoms with Crippen LogP contribution in [-0.4, -0.2) is 22.3 Å². The predicted molar refractivity (Wildman–Crippen MR) is 47.0 cm³/mol. The number of hydrogen-bond acceptors (Lipinski definition) is 1. The van der Waals surface area contributed by atoms with Crippen molar-refractivity contribution in [1.29, 1.82) is 0 Å². The van der Waals surface area contributed by atoms with Gasteiger partial charge in [-0.1, -0.05) is 12.2 Å². The van der Waals surface area contributed by atoms with E-state index in [1.807, 2.05) is 0 Å². The molecular formula is C6H11CuNS2+2. The molecule has 1 heterocycles. The number of piperidine rings is 1. The van der Waals surface area contributed by atoms with Gasteiger partial charge in [-0.15, -0.1) is 12.6 Å². The van der Waals surface area contributed by atoms with Crippen molar-refractivity contribution in [3.05, 3.63) is 0 Å². The molecular weight excluding hydrogens is 214 g/mol. The summed E-state index contributed by atoms with van der Waals surface area (Å²) >= 11 is 9.00. The minimum atomic E-state index is 0. The molecule has 0 aromatic rings. The maximum atomic E-state index is 4.91. The molecule has 0 aliphatic carbocycles. The molecule has 0 unspecified atom stereocenters. The molecule has 0 bridgehead atoms. The van der Waals surface area contributed by atoms with Crippen LogP contribution in [0.5, 0.6) is 0 Å². The Hall–Kier alpha value is 0.759. The van der Waals surface area contributed by atoms with Crippen molar-refractivity contribution in [2.24, 2.45) is 0 Å². The van der Waals surface area contributed by atoms with Crippen LogP contribution in [0.4, 0.5) is 0 Å². The molecule has 0 N–H and O–H groups in total. The van der Waals surface area contributed by atoms with E-state index in [4.69, 9.17) is 12.2 Å². The Morgan fingerprint density at radius 1 is 1.20 bits per heavy atom. The molecule has 1 saturated heterocycles. The van der Waals surface area contributed by atoms with Crippen LogP contribution < -0.4 is 0 Å². The van der Waals surface area contributed by atoms with E-state index in [2.05, 4.69) is 17.5 Å². The van der Waals surface area contributed by atoms with Crippen molar-refractivity contribution in [3.63, 3.8) is 0 Å². The average molecular weight is 225 g/mol. The van der Waals surface area contributed by atoms with Gasteiger partial charge in [0.1, 0.15) is 4.32 Å². The second kappa shape index (κ2) is 5.42. The summed E-state index contributed by atoms with van der Waals surface area (Å²) in [6.07, 6.45) is 3.91. The first-order valence-corrected chi connectivity index (χ1v) is 4.14. The molecule has 1 aliphatic rings. The van der Waals surface area contributed by atoms with Gasteiger partial charge in [0, 0.05) is 13.1 Å². The average Bonchev–Trinajstić information content (AvgIpc) is 1.90. The largest absolute Gasteiger partial charge is 2.00 e. The number of rotatable bonds is 0. The van der Waals surface area contributed by atoms with E-state index in [0.29, 0.717) is 0 Å². The minimum Gasteiger partial charge on any atom is -0.358 e. The maximum absolute atomic E-state index is 4.91. The predicted octanol–water partition coefficient (Wildman–Crippen LogP) is 1.68. The van der Waals surface area contributed by atoms with E-state index in [1.54, 1.807) is 0 Å². The summed E-state index contributed by atoms with van der Waals surface area (Å²) in [5, 5.41) is 0. The van der Waals surface area contributed by atoms with Gasteiger partial charge in [0.2, 0.25) is 0 Å². The van der Waals surface area contributed by atoms with Crippen molar-refractivity contribution >= 4 is 29.2 Å². The zero-order valence-electron chi connectivity index (χ0n) is 5.64. The van der Waals surface area contributed by atoms with E-state index in [0.717, 1.165) is 17.4 Å². The van der Waals surface area contributed by atoms with Crippen molar-refractivity contribution in [2.45, 2.75) is 19.3 Å². The van der Waals surface area contributed by atoms with E-state index in [-0.39, 0.29) is 17.1 Å². The van der Waals surface area contributed by atoms with Crippen molar-refractivity contribution < 1.29 is 17.1 Å². The van der Waals surface area contributed by atoms with Crippen LogP contribution in [-0.2, 0) is 17.1 Å². The van der Waals surface area contributed by atoms with Gasteiger partial charge in [0.05, 0.1) is 0 Å². The molecule has 0 saturated carbocycles. The summed E-state index contributed by atoms with van der Waals surface area (Å²) < 4.78 is 0.759. The van der Waals surface area contributed by atoms with Gasteiger partial charge in [0.25, 0.3) is 0 Å². The van der Waals surface area contributed by atoms with Gasteiger partial charge in [0.15, 0.2) is 0 Å². The first kappa shape index (κ1) is 10.8. The van der Waals surface area contributed by atoms with E-state index in [9.17, 15) is 0 Å². The number of hydrogen-bond donors (Lipinski definition) is 1. The Labute approximate surface area is 83.4 Å². The van der Waals surface area contributed by atoms with Crippen LogP contribution in [0.15, 0.2) is 0 Å². The van der Waals surface area contributed by atoms with Crippen LogP contribution in [0.2, 0.25) is 0 Å². The first-order chi connectivity index (χ1) is 4.30. The van der Waals surface area contributed by atoms with Crippen LogP contribution in [0.25, 0.3) is 0 Å². The molecule has 4 heteroatoms. The fraction of sp³-hybridized carbons (Fsp3) is 0.833. The van der Waals surface area contributed by atoms with Crippen molar-refractivity contribution in [1.82, 2.24) is 4.90 Å². The zero-order valence-corrected chi connectivity index (χ0v) is 8.29. The number of nitrogens with zero attached hydrogens (tertiary/aromatic N) is 1. The van der Waals surface area contributed by atoms with Gasteiger partial charge in [-0.3, -0.25) is 0 Å². The summed E-state index contributed by atoms with van der Waals surface area (Å²) in [4.78, 5) is 2.15. The van der Waals surface area contributed by atoms with Gasteiger partial charge >= 0.3 is 17.1 Å². The van der Waals surface area contributed by atoms with E-state index in [1.165, 1.54) is 19.3 Å². The Bertz CT molecular complexity index is 112. The van der Waals surface area contributed by atoms with Crippen LogP contribution in [0, 0.1) is 0 Å². The zero-order chi connectivity index (χ0) is 6.69. The van der Waals surface area contributed by atoms with E-state index >= 15 is 0 Å². The van der Waals surface area contributed by atoms with Crippen LogP contribution in [0.3, 0.4) is 0 Å². The summed E-state index contributed by atoms with van der Waals surface area (Å²) in [5.74, 6) is 0. The van der Waals surface area contributed by atoms with Crippen molar-refractivity contribution in [3.8, 4) is 0 Å². The molecule has 1 radical (unpaired) electrons. The van der Waals surface area contributed by atoms with Gasteiger partial charge < -0.3 is 4.90 Å². The first-order valence-electron chi connectivity index (χ1n) is 3.28. The second-order valence-corrected chi connectivity index (χ2v) is 3.44. The fourth-order valence-electron chi connectivity index (χ4n) is 1.09. The normalized spacial score (nSPS) is 17.9. The Kier molecular flexibility index (Phi) is 5.83. The third-order valence-corrected chi connectivity index (χ3v) is 2.17. The molecule has 1 aliphatic heterocycles. The molecule has 10 heavy (non-hydrogen) atoms. The standard InChI is InChI=1S/C6H11NS2.Cu/c8-6(9)7-4-2-1-3-5-7;/h1-5H2,(H,8,9);/q;+2. The van der Waals surface area contributed by atoms with Crippen molar-refractivity contribution in [2.75, 3.05) is 13.1 Å². The Balaban J connectivity index is 0.000000810. The number of thiocarbonyl (C=S) groups is 1. The number of thiol groups is 1. The fourth-order valence-corrected chi connectivity index (χ4v) is 1.47. The van der Waals surface area contributed by atoms with Crippen LogP contribution in [0.1, 0.15) is 19.3 Å².